The van der Waals surface area contributed by atoms with Crippen molar-refractivity contribution in [2.24, 2.45) is 0 Å². The lowest BCUT2D eigenvalue weighted by Gasteiger charge is -2.22. The van der Waals surface area contributed by atoms with E-state index in [9.17, 15) is 9.90 Å². The summed E-state index contributed by atoms with van der Waals surface area (Å²) in [5.41, 5.74) is 2.88. The largest absolute Gasteiger partial charge is 0.507 e. The van der Waals surface area contributed by atoms with E-state index in [0.29, 0.717) is 12.2 Å². The van der Waals surface area contributed by atoms with Crippen LogP contribution in [0.3, 0.4) is 0 Å². The van der Waals surface area contributed by atoms with Crippen LogP contribution in [0.4, 0.5) is 0 Å². The number of carbonyl (C=O) groups excluding carboxylic acids is 1. The van der Waals surface area contributed by atoms with E-state index in [1.165, 1.54) is 0 Å². The second-order valence-electron chi connectivity index (χ2n) is 5.76. The molecule has 0 bridgehead atoms. The zero-order valence-electron chi connectivity index (χ0n) is 11.4. The number of aryl methyl sites for hydroxylation is 2. The molecule has 0 aromatic heterocycles. The molecule has 0 aliphatic heterocycles. The molecule has 1 rings (SSSR count). The summed E-state index contributed by atoms with van der Waals surface area (Å²) in [4.78, 5) is 11.0. The standard InChI is InChI=1S/C15H22O2/c1-10-8-12(7-6-11(2)16)9-13(14(10)17)15(3,4)5/h8-9,17H,6-7H2,1-5H3. The van der Waals surface area contributed by atoms with Crippen LogP contribution in [0, 0.1) is 6.92 Å². The highest BCUT2D eigenvalue weighted by molar-refractivity contribution is 5.75. The number of hydrogen-bond donors (Lipinski definition) is 1. The number of phenols is 1. The first-order valence-electron chi connectivity index (χ1n) is 6.04. The van der Waals surface area contributed by atoms with Gasteiger partial charge in [0.15, 0.2) is 0 Å². The lowest BCUT2D eigenvalue weighted by Crippen LogP contribution is -2.12. The zero-order valence-corrected chi connectivity index (χ0v) is 11.4. The number of aromatic hydroxyl groups is 1. The van der Waals surface area contributed by atoms with Gasteiger partial charge in [0.1, 0.15) is 11.5 Å². The second kappa shape index (κ2) is 4.91. The molecule has 0 unspecified atom stereocenters. The van der Waals surface area contributed by atoms with Gasteiger partial charge in [-0.3, -0.25) is 0 Å². The maximum absolute atomic E-state index is 11.0. The van der Waals surface area contributed by atoms with Crippen molar-refractivity contribution in [3.05, 3.63) is 28.8 Å². The van der Waals surface area contributed by atoms with Crippen LogP contribution < -0.4 is 0 Å². The van der Waals surface area contributed by atoms with E-state index >= 15 is 0 Å². The zero-order chi connectivity index (χ0) is 13.2. The lowest BCUT2D eigenvalue weighted by molar-refractivity contribution is -0.116. The van der Waals surface area contributed by atoms with Crippen LogP contribution >= 0.6 is 0 Å². The number of Topliss-reactive ketones (excluding diaryl/α,β-unsaturated/α-hetero) is 1. The maximum Gasteiger partial charge on any atom is 0.130 e. The predicted molar refractivity (Wildman–Crippen MR) is 70.5 cm³/mol. The fourth-order valence-corrected chi connectivity index (χ4v) is 1.89. The third-order valence-electron chi connectivity index (χ3n) is 2.93. The van der Waals surface area contributed by atoms with E-state index in [2.05, 4.69) is 20.8 Å². The molecule has 0 fully saturated rings. The Morgan fingerprint density at radius 3 is 2.35 bits per heavy atom. The lowest BCUT2D eigenvalue weighted by atomic mass is 9.83. The number of rotatable bonds is 3. The van der Waals surface area contributed by atoms with Crippen molar-refractivity contribution >= 4 is 5.78 Å². The van der Waals surface area contributed by atoms with Crippen molar-refractivity contribution in [1.82, 2.24) is 0 Å². The molecule has 94 valence electrons. The predicted octanol–water partition coefficient (Wildman–Crippen LogP) is 3.52. The number of hydrogen-bond acceptors (Lipinski definition) is 2. The number of ketones is 1. The van der Waals surface area contributed by atoms with Gasteiger partial charge in [-0.1, -0.05) is 32.9 Å². The van der Waals surface area contributed by atoms with Crippen LogP contribution in [0.2, 0.25) is 0 Å². The Labute approximate surface area is 104 Å². The molecule has 0 saturated carbocycles. The Morgan fingerprint density at radius 1 is 1.29 bits per heavy atom. The summed E-state index contributed by atoms with van der Waals surface area (Å²) in [6.07, 6.45) is 1.31. The van der Waals surface area contributed by atoms with Gasteiger partial charge in [0.2, 0.25) is 0 Å². The van der Waals surface area contributed by atoms with E-state index in [4.69, 9.17) is 0 Å². The molecule has 0 atom stereocenters. The maximum atomic E-state index is 11.0. The number of carbonyl (C=O) groups is 1. The third kappa shape index (κ3) is 3.58. The first kappa shape index (κ1) is 13.8. The fourth-order valence-electron chi connectivity index (χ4n) is 1.89. The van der Waals surface area contributed by atoms with Crippen molar-refractivity contribution in [3.63, 3.8) is 0 Å². The van der Waals surface area contributed by atoms with Gasteiger partial charge in [-0.2, -0.15) is 0 Å². The molecule has 0 aliphatic carbocycles. The van der Waals surface area contributed by atoms with E-state index in [1.54, 1.807) is 6.92 Å². The fraction of sp³-hybridized carbons (Fsp3) is 0.533. The summed E-state index contributed by atoms with van der Waals surface area (Å²) < 4.78 is 0. The Hall–Kier alpha value is -1.31. The van der Waals surface area contributed by atoms with Crippen molar-refractivity contribution in [3.8, 4) is 5.75 Å². The minimum Gasteiger partial charge on any atom is -0.507 e. The summed E-state index contributed by atoms with van der Waals surface area (Å²) in [5, 5.41) is 10.1. The van der Waals surface area contributed by atoms with Gasteiger partial charge in [0, 0.05) is 6.42 Å². The highest BCUT2D eigenvalue weighted by Crippen LogP contribution is 2.34. The van der Waals surface area contributed by atoms with Crippen molar-refractivity contribution in [2.75, 3.05) is 0 Å². The van der Waals surface area contributed by atoms with Gasteiger partial charge in [-0.15, -0.1) is 0 Å². The van der Waals surface area contributed by atoms with Crippen LogP contribution in [-0.4, -0.2) is 10.9 Å². The quantitative estimate of drug-likeness (QED) is 0.868. The molecule has 2 heteroatoms. The molecule has 0 spiro atoms. The van der Waals surface area contributed by atoms with Crippen molar-refractivity contribution < 1.29 is 9.90 Å². The van der Waals surface area contributed by atoms with Gasteiger partial charge in [-0.25, -0.2) is 0 Å². The first-order chi connectivity index (χ1) is 7.71. The molecule has 1 aromatic carbocycles. The molecular formula is C15H22O2. The van der Waals surface area contributed by atoms with E-state index < -0.39 is 0 Å². The van der Waals surface area contributed by atoms with Crippen LogP contribution in [0.25, 0.3) is 0 Å². The normalized spacial score (nSPS) is 11.6. The van der Waals surface area contributed by atoms with Crippen LogP contribution in [0.1, 0.15) is 50.8 Å². The van der Waals surface area contributed by atoms with Gasteiger partial charge >= 0.3 is 0 Å². The molecule has 0 saturated heterocycles. The molecule has 0 radical (unpaired) electrons. The summed E-state index contributed by atoms with van der Waals surface area (Å²) >= 11 is 0. The topological polar surface area (TPSA) is 37.3 Å². The van der Waals surface area contributed by atoms with Crippen LogP contribution in [0.15, 0.2) is 12.1 Å². The Kier molecular flexibility index (Phi) is 3.97. The molecule has 0 heterocycles. The third-order valence-corrected chi connectivity index (χ3v) is 2.93. The monoisotopic (exact) mass is 234 g/mol. The highest BCUT2D eigenvalue weighted by Gasteiger charge is 2.20. The van der Waals surface area contributed by atoms with Crippen molar-refractivity contribution in [1.29, 1.82) is 0 Å². The Balaban J connectivity index is 3.11. The molecular weight excluding hydrogens is 212 g/mol. The SMILES string of the molecule is CC(=O)CCc1cc(C)c(O)c(C(C)(C)C)c1. The first-order valence-corrected chi connectivity index (χ1v) is 6.04. The van der Waals surface area contributed by atoms with E-state index in [0.717, 1.165) is 23.1 Å². The minimum atomic E-state index is -0.0823. The number of benzene rings is 1. The molecule has 0 amide bonds. The number of phenolic OH excluding ortho intramolecular Hbond substituents is 1. The van der Waals surface area contributed by atoms with E-state index in [-0.39, 0.29) is 11.2 Å². The van der Waals surface area contributed by atoms with Crippen LogP contribution in [0.5, 0.6) is 5.75 Å². The average molecular weight is 234 g/mol. The molecule has 1 aromatic rings. The highest BCUT2D eigenvalue weighted by atomic mass is 16.3. The molecule has 0 aliphatic rings. The summed E-state index contributed by atoms with van der Waals surface area (Å²) in [7, 11) is 0. The molecule has 2 nitrogen and oxygen atoms in total. The molecule has 17 heavy (non-hydrogen) atoms. The summed E-state index contributed by atoms with van der Waals surface area (Å²) in [5.74, 6) is 0.581. The van der Waals surface area contributed by atoms with E-state index in [1.807, 2.05) is 19.1 Å². The van der Waals surface area contributed by atoms with Gasteiger partial charge in [-0.05, 0) is 42.4 Å². The van der Waals surface area contributed by atoms with Gasteiger partial charge in [0.25, 0.3) is 0 Å². The summed E-state index contributed by atoms with van der Waals surface area (Å²) in [6, 6.07) is 3.98. The van der Waals surface area contributed by atoms with Gasteiger partial charge < -0.3 is 9.90 Å². The minimum absolute atomic E-state index is 0.0823. The second-order valence-corrected chi connectivity index (χ2v) is 5.76. The smallest absolute Gasteiger partial charge is 0.130 e. The summed E-state index contributed by atoms with van der Waals surface area (Å²) in [6.45, 7) is 9.75. The average Bonchev–Trinajstić information content (AvgIpc) is 2.17. The van der Waals surface area contributed by atoms with Crippen molar-refractivity contribution in [2.45, 2.75) is 52.9 Å². The molecule has 1 N–H and O–H groups in total. The Bertz CT molecular complexity index is 425. The van der Waals surface area contributed by atoms with Gasteiger partial charge in [0.05, 0.1) is 0 Å². The van der Waals surface area contributed by atoms with Crippen LogP contribution in [-0.2, 0) is 16.6 Å². The Morgan fingerprint density at radius 2 is 1.88 bits per heavy atom.